The average Bonchev–Trinajstić information content (AvgIpc) is 2.65. The number of aromatic nitrogens is 1. The third kappa shape index (κ3) is 5.69. The molecule has 7 heteroatoms. The molecule has 0 spiro atoms. The highest BCUT2D eigenvalue weighted by atomic mass is 16.2. The third-order valence-electron chi connectivity index (χ3n) is 3.53. The van der Waals surface area contributed by atoms with Crippen LogP contribution in [0.2, 0.25) is 0 Å². The van der Waals surface area contributed by atoms with Crippen molar-refractivity contribution in [2.45, 2.75) is 6.42 Å². The molecule has 0 radical (unpaired) electrons. The molecule has 7 nitrogen and oxygen atoms in total. The Morgan fingerprint density at radius 3 is 2.50 bits per heavy atom. The van der Waals surface area contributed by atoms with E-state index in [1.807, 2.05) is 25.1 Å². The Balaban J connectivity index is 2.00. The van der Waals surface area contributed by atoms with E-state index >= 15 is 0 Å². The lowest BCUT2D eigenvalue weighted by Gasteiger charge is -2.10. The molecule has 0 aliphatic rings. The van der Waals surface area contributed by atoms with Gasteiger partial charge in [0, 0.05) is 12.2 Å². The Morgan fingerprint density at radius 2 is 1.81 bits per heavy atom. The highest BCUT2D eigenvalue weighted by molar-refractivity contribution is 6.03. The highest BCUT2D eigenvalue weighted by Crippen LogP contribution is 2.11. The fourth-order valence-corrected chi connectivity index (χ4v) is 2.24. The number of rotatable bonds is 7. The summed E-state index contributed by atoms with van der Waals surface area (Å²) in [5.74, 6) is -0.757. The molecule has 2 N–H and O–H groups in total. The van der Waals surface area contributed by atoms with Gasteiger partial charge >= 0.3 is 0 Å². The lowest BCUT2D eigenvalue weighted by molar-refractivity contribution is 0.0947. The number of nitriles is 1. The molecule has 1 heterocycles. The lowest BCUT2D eigenvalue weighted by Crippen LogP contribution is -2.28. The molecule has 0 saturated carbocycles. The van der Waals surface area contributed by atoms with E-state index in [1.54, 1.807) is 36.4 Å². The predicted molar refractivity (Wildman–Crippen MR) is 98.9 cm³/mol. The SMILES string of the molecule is CN(C)CCCNC(=O)c1cccc(C(=O)Nc2cccc(C#N)c2)n1. The van der Waals surface area contributed by atoms with Crippen LogP contribution in [-0.4, -0.2) is 48.9 Å². The maximum Gasteiger partial charge on any atom is 0.274 e. The van der Waals surface area contributed by atoms with Gasteiger partial charge in [-0.25, -0.2) is 4.98 Å². The van der Waals surface area contributed by atoms with Gasteiger partial charge < -0.3 is 15.5 Å². The normalized spacial score (nSPS) is 10.2. The number of carbonyl (C=O) groups excluding carboxylic acids is 2. The van der Waals surface area contributed by atoms with Gasteiger partial charge in [0.25, 0.3) is 11.8 Å². The van der Waals surface area contributed by atoms with E-state index in [0.717, 1.165) is 13.0 Å². The van der Waals surface area contributed by atoms with Crippen molar-refractivity contribution in [3.8, 4) is 6.07 Å². The van der Waals surface area contributed by atoms with Crippen LogP contribution in [0.4, 0.5) is 5.69 Å². The zero-order valence-corrected chi connectivity index (χ0v) is 14.8. The molecule has 0 aliphatic heterocycles. The molecule has 2 aromatic rings. The first kappa shape index (κ1) is 19.1. The summed E-state index contributed by atoms with van der Waals surface area (Å²) in [7, 11) is 3.94. The molecule has 0 unspecified atom stereocenters. The molecule has 0 bridgehead atoms. The molecule has 26 heavy (non-hydrogen) atoms. The Kier molecular flexibility index (Phi) is 6.83. The van der Waals surface area contributed by atoms with Gasteiger partial charge in [-0.3, -0.25) is 9.59 Å². The van der Waals surface area contributed by atoms with Crippen LogP contribution >= 0.6 is 0 Å². The van der Waals surface area contributed by atoms with Crippen molar-refractivity contribution in [3.05, 3.63) is 59.4 Å². The van der Waals surface area contributed by atoms with Crippen molar-refractivity contribution < 1.29 is 9.59 Å². The average molecular weight is 351 g/mol. The van der Waals surface area contributed by atoms with Crippen LogP contribution in [0.25, 0.3) is 0 Å². The quantitative estimate of drug-likeness (QED) is 0.742. The number of anilines is 1. The molecule has 2 amide bonds. The Bertz CT molecular complexity index is 827. The summed E-state index contributed by atoms with van der Waals surface area (Å²) in [6.07, 6.45) is 0.828. The highest BCUT2D eigenvalue weighted by Gasteiger charge is 2.12. The number of hydrogen-bond acceptors (Lipinski definition) is 5. The summed E-state index contributed by atoms with van der Waals surface area (Å²) in [5, 5.41) is 14.4. The number of amides is 2. The lowest BCUT2D eigenvalue weighted by atomic mass is 10.2. The van der Waals surface area contributed by atoms with Crippen LogP contribution in [0.5, 0.6) is 0 Å². The Labute approximate surface area is 152 Å². The molecule has 2 rings (SSSR count). The van der Waals surface area contributed by atoms with E-state index in [9.17, 15) is 9.59 Å². The molecular weight excluding hydrogens is 330 g/mol. The largest absolute Gasteiger partial charge is 0.351 e. The summed E-state index contributed by atoms with van der Waals surface area (Å²) in [4.78, 5) is 30.6. The van der Waals surface area contributed by atoms with E-state index in [-0.39, 0.29) is 17.3 Å². The van der Waals surface area contributed by atoms with E-state index in [1.165, 1.54) is 6.07 Å². The molecular formula is C19H21N5O2. The predicted octanol–water partition coefficient (Wildman–Crippen LogP) is 1.89. The van der Waals surface area contributed by atoms with Gasteiger partial charge in [-0.1, -0.05) is 12.1 Å². The summed E-state index contributed by atoms with van der Waals surface area (Å²) in [5.41, 5.74) is 1.26. The first-order valence-corrected chi connectivity index (χ1v) is 8.21. The Hall–Kier alpha value is -3.24. The standard InChI is InChI=1S/C19H21N5O2/c1-24(2)11-5-10-21-18(25)16-8-4-9-17(23-16)19(26)22-15-7-3-6-14(12-15)13-20/h3-4,6-9,12H,5,10-11H2,1-2H3,(H,21,25)(H,22,26). The van der Waals surface area contributed by atoms with Gasteiger partial charge in [0.15, 0.2) is 0 Å². The minimum absolute atomic E-state index is 0.133. The fraction of sp³-hybridized carbons (Fsp3) is 0.263. The maximum absolute atomic E-state index is 12.3. The van der Waals surface area contributed by atoms with Crippen molar-refractivity contribution >= 4 is 17.5 Å². The molecule has 1 aromatic heterocycles. The first-order chi connectivity index (χ1) is 12.5. The first-order valence-electron chi connectivity index (χ1n) is 8.21. The van der Waals surface area contributed by atoms with Crippen LogP contribution in [0, 0.1) is 11.3 Å². The molecule has 0 aliphatic carbocycles. The second kappa shape index (κ2) is 9.30. The Morgan fingerprint density at radius 1 is 1.12 bits per heavy atom. The van der Waals surface area contributed by atoms with E-state index < -0.39 is 5.91 Å². The van der Waals surface area contributed by atoms with E-state index in [0.29, 0.717) is 17.8 Å². The topological polar surface area (TPSA) is 98.1 Å². The number of hydrogen-bond donors (Lipinski definition) is 2. The van der Waals surface area contributed by atoms with Crippen LogP contribution in [0.3, 0.4) is 0 Å². The molecule has 0 fully saturated rings. The van der Waals surface area contributed by atoms with Crippen LogP contribution < -0.4 is 10.6 Å². The zero-order chi connectivity index (χ0) is 18.9. The summed E-state index contributed by atoms with van der Waals surface area (Å²) < 4.78 is 0. The second-order valence-electron chi connectivity index (χ2n) is 5.97. The van der Waals surface area contributed by atoms with Gasteiger partial charge in [-0.15, -0.1) is 0 Å². The molecule has 0 saturated heterocycles. The summed E-state index contributed by atoms with van der Waals surface area (Å²) in [6, 6.07) is 13.3. The van der Waals surface area contributed by atoms with Crippen molar-refractivity contribution in [2.75, 3.05) is 32.5 Å². The van der Waals surface area contributed by atoms with Crippen LogP contribution in [0.1, 0.15) is 33.0 Å². The second-order valence-corrected chi connectivity index (χ2v) is 5.97. The maximum atomic E-state index is 12.3. The number of nitrogens with zero attached hydrogens (tertiary/aromatic N) is 3. The van der Waals surface area contributed by atoms with Gasteiger partial charge in [0.1, 0.15) is 11.4 Å². The van der Waals surface area contributed by atoms with Crippen LogP contribution in [-0.2, 0) is 0 Å². The van der Waals surface area contributed by atoms with Gasteiger partial charge in [-0.05, 0) is 57.4 Å². The smallest absolute Gasteiger partial charge is 0.274 e. The molecule has 0 atom stereocenters. The zero-order valence-electron chi connectivity index (χ0n) is 14.8. The van der Waals surface area contributed by atoms with Crippen LogP contribution in [0.15, 0.2) is 42.5 Å². The molecule has 134 valence electrons. The van der Waals surface area contributed by atoms with Crippen molar-refractivity contribution in [2.24, 2.45) is 0 Å². The van der Waals surface area contributed by atoms with Crippen molar-refractivity contribution in [3.63, 3.8) is 0 Å². The van der Waals surface area contributed by atoms with Crippen molar-refractivity contribution in [1.29, 1.82) is 5.26 Å². The summed E-state index contributed by atoms with van der Waals surface area (Å²) in [6.45, 7) is 1.41. The number of carbonyl (C=O) groups is 2. The minimum Gasteiger partial charge on any atom is -0.351 e. The fourth-order valence-electron chi connectivity index (χ4n) is 2.24. The minimum atomic E-state index is -0.442. The number of pyridine rings is 1. The van der Waals surface area contributed by atoms with Crippen molar-refractivity contribution in [1.82, 2.24) is 15.2 Å². The van der Waals surface area contributed by atoms with Gasteiger partial charge in [-0.2, -0.15) is 5.26 Å². The number of nitrogens with one attached hydrogen (secondary N) is 2. The summed E-state index contributed by atoms with van der Waals surface area (Å²) >= 11 is 0. The van der Waals surface area contributed by atoms with Gasteiger partial charge in [0.2, 0.25) is 0 Å². The van der Waals surface area contributed by atoms with E-state index in [4.69, 9.17) is 5.26 Å². The third-order valence-corrected chi connectivity index (χ3v) is 3.53. The van der Waals surface area contributed by atoms with Gasteiger partial charge in [0.05, 0.1) is 11.6 Å². The molecule has 1 aromatic carbocycles. The number of benzene rings is 1. The monoisotopic (exact) mass is 351 g/mol. The van der Waals surface area contributed by atoms with E-state index in [2.05, 4.69) is 15.6 Å².